The lowest BCUT2D eigenvalue weighted by atomic mass is 10.1. The number of hydrogen-bond donors (Lipinski definition) is 2. The van der Waals surface area contributed by atoms with E-state index < -0.39 is 13.9 Å². The van der Waals surface area contributed by atoms with Crippen LogP contribution in [0, 0.1) is 5.92 Å². The Labute approximate surface area is 71.4 Å². The topological polar surface area (TPSA) is 66.8 Å². The fourth-order valence-corrected chi connectivity index (χ4v) is 1.49. The van der Waals surface area contributed by atoms with Gasteiger partial charge in [0.1, 0.15) is 6.35 Å². The van der Waals surface area contributed by atoms with Crippen LogP contribution in [-0.4, -0.2) is 22.7 Å². The van der Waals surface area contributed by atoms with E-state index in [1.165, 1.54) is 0 Å². The van der Waals surface area contributed by atoms with E-state index in [1.807, 2.05) is 0 Å². The largest absolute Gasteiger partial charge is 0.369 e. The van der Waals surface area contributed by atoms with E-state index >= 15 is 0 Å². The molecule has 5 heteroatoms. The summed E-state index contributed by atoms with van der Waals surface area (Å²) in [6.45, 7) is 0.443. The van der Waals surface area contributed by atoms with Crippen LogP contribution in [0.15, 0.2) is 12.2 Å². The van der Waals surface area contributed by atoms with Gasteiger partial charge in [0.05, 0.1) is 6.61 Å². The van der Waals surface area contributed by atoms with Gasteiger partial charge in [0.25, 0.3) is 0 Å². The van der Waals surface area contributed by atoms with E-state index in [4.69, 9.17) is 14.5 Å². The van der Waals surface area contributed by atoms with Crippen molar-refractivity contribution in [3.8, 4) is 0 Å². The summed E-state index contributed by atoms with van der Waals surface area (Å²) in [4.78, 5) is 16.9. The van der Waals surface area contributed by atoms with E-state index in [0.29, 0.717) is 12.5 Å². The molecule has 0 radical (unpaired) electrons. The number of hydrogen-bond acceptors (Lipinski definition) is 2. The van der Waals surface area contributed by atoms with Crippen molar-refractivity contribution < 1.29 is 19.1 Å². The summed E-state index contributed by atoms with van der Waals surface area (Å²) >= 11 is 0. The molecular weight excluding hydrogens is 179 g/mol. The van der Waals surface area contributed by atoms with Crippen LogP contribution in [0.1, 0.15) is 12.8 Å². The second-order valence-corrected chi connectivity index (χ2v) is 4.56. The lowest BCUT2D eigenvalue weighted by molar-refractivity contribution is 0.125. The maximum Gasteiger partial charge on any atom is 0.350 e. The molecule has 0 aliphatic heterocycles. The average molecular weight is 192 g/mol. The van der Waals surface area contributed by atoms with Gasteiger partial charge in [-0.3, -0.25) is 4.57 Å². The van der Waals surface area contributed by atoms with Crippen molar-refractivity contribution in [3.63, 3.8) is 0 Å². The van der Waals surface area contributed by atoms with Crippen LogP contribution in [0.2, 0.25) is 0 Å². The molecule has 0 saturated heterocycles. The Hall–Kier alpha value is -0.150. The summed E-state index contributed by atoms with van der Waals surface area (Å²) in [7, 11) is -3.97. The normalized spacial score (nSPS) is 18.8. The lowest BCUT2D eigenvalue weighted by Crippen LogP contribution is -2.06. The standard InChI is InChI=1S/C7H13O4P/c8-12(9,10)6-11-5-7-3-1-2-4-7/h1-2,7H,3-6H2,(H2,8,9,10). The molecule has 0 aromatic heterocycles. The maximum absolute atomic E-state index is 10.4. The number of ether oxygens (including phenoxy) is 1. The third-order valence-corrected chi connectivity index (χ3v) is 2.24. The van der Waals surface area contributed by atoms with E-state index in [1.54, 1.807) is 0 Å². The first kappa shape index (κ1) is 9.93. The van der Waals surface area contributed by atoms with Crippen LogP contribution in [0.5, 0.6) is 0 Å². The Kier molecular flexibility index (Phi) is 3.47. The molecule has 0 unspecified atom stereocenters. The zero-order chi connectivity index (χ0) is 9.03. The van der Waals surface area contributed by atoms with Crippen molar-refractivity contribution in [3.05, 3.63) is 12.2 Å². The first-order valence-electron chi connectivity index (χ1n) is 3.85. The minimum absolute atomic E-state index is 0.413. The molecule has 4 nitrogen and oxygen atoms in total. The molecule has 0 amide bonds. The molecular formula is C7H13O4P. The highest BCUT2D eigenvalue weighted by Crippen LogP contribution is 2.34. The molecule has 70 valence electrons. The van der Waals surface area contributed by atoms with Crippen molar-refractivity contribution in [1.29, 1.82) is 0 Å². The van der Waals surface area contributed by atoms with Crippen LogP contribution in [-0.2, 0) is 9.30 Å². The maximum atomic E-state index is 10.4. The van der Waals surface area contributed by atoms with Crippen LogP contribution in [0.4, 0.5) is 0 Å². The Balaban J connectivity index is 2.07. The molecule has 1 aliphatic carbocycles. The highest BCUT2D eigenvalue weighted by atomic mass is 31.2. The predicted octanol–water partition coefficient (Wildman–Crippen LogP) is 1.10. The molecule has 0 fully saturated rings. The van der Waals surface area contributed by atoms with Crippen molar-refractivity contribution in [2.75, 3.05) is 13.0 Å². The second-order valence-electron chi connectivity index (χ2n) is 2.97. The molecule has 1 rings (SSSR count). The van der Waals surface area contributed by atoms with Gasteiger partial charge in [0.2, 0.25) is 0 Å². The molecule has 0 saturated carbocycles. The fraction of sp³-hybridized carbons (Fsp3) is 0.714. The van der Waals surface area contributed by atoms with Gasteiger partial charge in [-0.05, 0) is 18.8 Å². The van der Waals surface area contributed by atoms with Gasteiger partial charge < -0.3 is 14.5 Å². The zero-order valence-electron chi connectivity index (χ0n) is 6.72. The molecule has 0 aromatic rings. The van der Waals surface area contributed by atoms with Gasteiger partial charge >= 0.3 is 7.60 Å². The minimum Gasteiger partial charge on any atom is -0.369 e. The predicted molar refractivity (Wildman–Crippen MR) is 44.7 cm³/mol. The molecule has 2 N–H and O–H groups in total. The van der Waals surface area contributed by atoms with Crippen molar-refractivity contribution >= 4 is 7.60 Å². The van der Waals surface area contributed by atoms with Crippen LogP contribution < -0.4 is 0 Å². The fourth-order valence-electron chi connectivity index (χ4n) is 1.15. The first-order chi connectivity index (χ1) is 5.58. The summed E-state index contributed by atoms with van der Waals surface area (Å²) < 4.78 is 15.2. The molecule has 0 bridgehead atoms. The van der Waals surface area contributed by atoms with E-state index in [9.17, 15) is 4.57 Å². The Morgan fingerprint density at radius 2 is 2.00 bits per heavy atom. The first-order valence-corrected chi connectivity index (χ1v) is 5.65. The van der Waals surface area contributed by atoms with Gasteiger partial charge in [0, 0.05) is 0 Å². The van der Waals surface area contributed by atoms with Crippen molar-refractivity contribution in [1.82, 2.24) is 0 Å². The van der Waals surface area contributed by atoms with E-state index in [0.717, 1.165) is 12.8 Å². The average Bonchev–Trinajstić information content (AvgIpc) is 2.36. The number of rotatable bonds is 4. The molecule has 0 heterocycles. The van der Waals surface area contributed by atoms with Crippen LogP contribution in [0.25, 0.3) is 0 Å². The third kappa shape index (κ3) is 4.02. The highest BCUT2D eigenvalue weighted by Gasteiger charge is 2.15. The van der Waals surface area contributed by atoms with Crippen molar-refractivity contribution in [2.24, 2.45) is 5.92 Å². The van der Waals surface area contributed by atoms with Crippen LogP contribution >= 0.6 is 7.60 Å². The highest BCUT2D eigenvalue weighted by molar-refractivity contribution is 7.51. The summed E-state index contributed by atoms with van der Waals surface area (Å²) in [6, 6.07) is 0. The summed E-state index contributed by atoms with van der Waals surface area (Å²) in [5, 5.41) is 0. The molecule has 0 aromatic carbocycles. The summed E-state index contributed by atoms with van der Waals surface area (Å²) in [6.07, 6.45) is 5.59. The Bertz CT molecular complexity index is 199. The molecule has 0 spiro atoms. The molecule has 0 atom stereocenters. The van der Waals surface area contributed by atoms with E-state index in [2.05, 4.69) is 12.2 Å². The van der Waals surface area contributed by atoms with Crippen molar-refractivity contribution in [2.45, 2.75) is 12.8 Å². The summed E-state index contributed by atoms with van der Waals surface area (Å²) in [5.41, 5.74) is 0. The lowest BCUT2D eigenvalue weighted by Gasteiger charge is -2.10. The van der Waals surface area contributed by atoms with E-state index in [-0.39, 0.29) is 0 Å². The Morgan fingerprint density at radius 1 is 1.42 bits per heavy atom. The quantitative estimate of drug-likeness (QED) is 0.517. The smallest absolute Gasteiger partial charge is 0.350 e. The third-order valence-electron chi connectivity index (χ3n) is 1.72. The van der Waals surface area contributed by atoms with Gasteiger partial charge in [0.15, 0.2) is 0 Å². The Morgan fingerprint density at radius 3 is 2.50 bits per heavy atom. The monoisotopic (exact) mass is 192 g/mol. The SMILES string of the molecule is O=P(O)(O)COCC1CC=CC1. The minimum atomic E-state index is -3.97. The van der Waals surface area contributed by atoms with Crippen LogP contribution in [0.3, 0.4) is 0 Å². The van der Waals surface area contributed by atoms with Gasteiger partial charge in [-0.2, -0.15) is 0 Å². The summed E-state index contributed by atoms with van der Waals surface area (Å²) in [5.74, 6) is 0.413. The van der Waals surface area contributed by atoms with Gasteiger partial charge in [-0.1, -0.05) is 12.2 Å². The zero-order valence-corrected chi connectivity index (χ0v) is 7.61. The number of allylic oxidation sites excluding steroid dienone is 2. The molecule has 12 heavy (non-hydrogen) atoms. The second kappa shape index (κ2) is 4.19. The van der Waals surface area contributed by atoms with Gasteiger partial charge in [-0.25, -0.2) is 0 Å². The van der Waals surface area contributed by atoms with Gasteiger partial charge in [-0.15, -0.1) is 0 Å². The molecule has 1 aliphatic rings.